The molecule has 0 aromatic heterocycles. The van der Waals surface area contributed by atoms with Crippen LogP contribution in [0, 0.1) is 16.2 Å². The number of hydrogen-bond acceptors (Lipinski definition) is 10. The molecule has 0 amide bonds. The van der Waals surface area contributed by atoms with Gasteiger partial charge in [-0.3, -0.25) is 18.9 Å². The van der Waals surface area contributed by atoms with Gasteiger partial charge < -0.3 is 29.2 Å². The van der Waals surface area contributed by atoms with Crippen molar-refractivity contribution < 1.29 is 50.8 Å². The van der Waals surface area contributed by atoms with Crippen LogP contribution in [0.4, 0.5) is 0 Å². The molecule has 0 aliphatic carbocycles. The second-order valence-electron chi connectivity index (χ2n) is 11.9. The average molecular weight is 584 g/mol. The van der Waals surface area contributed by atoms with Gasteiger partial charge in [0, 0.05) is 20.1 Å². The van der Waals surface area contributed by atoms with Crippen LogP contribution in [0.2, 0.25) is 0 Å². The molecule has 0 heterocycles. The largest absolute Gasteiger partial charge is 0.464 e. The molecule has 0 aromatic rings. The number of quaternary nitrogens is 1. The number of nitrogens with zero attached hydrogens (tertiary/aromatic N) is 1. The van der Waals surface area contributed by atoms with Crippen LogP contribution in [0.5, 0.6) is 0 Å². The Labute approximate surface area is 234 Å². The van der Waals surface area contributed by atoms with Gasteiger partial charge in [-0.15, -0.1) is 0 Å². The molecule has 0 fully saturated rings. The molecule has 3 N–H and O–H groups in total. The van der Waals surface area contributed by atoms with Gasteiger partial charge >= 0.3 is 17.9 Å². The molecule has 39 heavy (non-hydrogen) atoms. The van der Waals surface area contributed by atoms with Crippen molar-refractivity contribution in [2.24, 2.45) is 22.0 Å². The Bertz CT molecular complexity index is 906. The number of nitrogens with two attached hydrogens (primary N) is 1. The van der Waals surface area contributed by atoms with Gasteiger partial charge in [0.1, 0.15) is 26.4 Å². The van der Waals surface area contributed by atoms with E-state index in [9.17, 15) is 22.8 Å². The third kappa shape index (κ3) is 13.9. The van der Waals surface area contributed by atoms with Gasteiger partial charge in [-0.2, -0.15) is 8.42 Å². The zero-order chi connectivity index (χ0) is 30.5. The first kappa shape index (κ1) is 37.2. The maximum Gasteiger partial charge on any atom is 0.312 e. The van der Waals surface area contributed by atoms with Crippen molar-refractivity contribution in [3.63, 3.8) is 0 Å². The minimum Gasteiger partial charge on any atom is -0.464 e. The number of ether oxygens (including phenoxy) is 4. The highest BCUT2D eigenvalue weighted by atomic mass is 32.2. The van der Waals surface area contributed by atoms with Crippen LogP contribution >= 0.6 is 0 Å². The Morgan fingerprint density at radius 1 is 0.821 bits per heavy atom. The van der Waals surface area contributed by atoms with Crippen LogP contribution in [0.15, 0.2) is 0 Å². The molecule has 230 valence electrons. The second kappa shape index (κ2) is 15.8. The summed E-state index contributed by atoms with van der Waals surface area (Å²) in [5.74, 6) is -1.87. The van der Waals surface area contributed by atoms with Gasteiger partial charge in [0.25, 0.3) is 10.1 Å². The van der Waals surface area contributed by atoms with E-state index in [1.54, 1.807) is 27.7 Å². The molecule has 0 radical (unpaired) electrons. The molecule has 0 aromatic carbocycles. The predicted molar refractivity (Wildman–Crippen MR) is 146 cm³/mol. The summed E-state index contributed by atoms with van der Waals surface area (Å²) in [6.45, 7) is 10.0. The monoisotopic (exact) mass is 583 g/mol. The molecule has 2 unspecified atom stereocenters. The Hall–Kier alpha value is -1.80. The number of esters is 3. The number of hydrogen-bond donors (Lipinski definition) is 2. The molecule has 0 aliphatic rings. The lowest BCUT2D eigenvalue weighted by atomic mass is 9.65. The van der Waals surface area contributed by atoms with Gasteiger partial charge in [-0.1, -0.05) is 6.92 Å². The summed E-state index contributed by atoms with van der Waals surface area (Å²) in [5, 5.41) is 0. The minimum absolute atomic E-state index is 0.00497. The Morgan fingerprint density at radius 3 is 1.87 bits per heavy atom. The lowest BCUT2D eigenvalue weighted by Gasteiger charge is -2.39. The number of methoxy groups -OCH3 is 1. The van der Waals surface area contributed by atoms with Crippen molar-refractivity contribution in [2.45, 2.75) is 60.3 Å². The molecule has 0 saturated heterocycles. The van der Waals surface area contributed by atoms with Gasteiger partial charge in [0.2, 0.25) is 0 Å². The van der Waals surface area contributed by atoms with Gasteiger partial charge in [-0.25, -0.2) is 0 Å². The third-order valence-electron chi connectivity index (χ3n) is 6.90. The maximum absolute atomic E-state index is 13.3. The molecule has 0 spiro atoms. The Morgan fingerprint density at radius 2 is 1.36 bits per heavy atom. The first-order chi connectivity index (χ1) is 17.8. The highest BCUT2D eigenvalue weighted by Crippen LogP contribution is 2.45. The number of rotatable bonds is 20. The van der Waals surface area contributed by atoms with Gasteiger partial charge in [-0.05, 0) is 47.0 Å². The zero-order valence-corrected chi connectivity index (χ0v) is 25.9. The molecule has 2 atom stereocenters. The SMILES string of the molecule is CCC(C)(CC(C)(CC(C)(C)C(=O)OCCOC)C(=O)OCCN)C(=O)OCC[N+](C)(C)CCCS(=O)(=O)O. The molecule has 13 heteroatoms. The first-order valence-corrected chi connectivity index (χ1v) is 14.9. The topological polar surface area (TPSA) is 169 Å². The van der Waals surface area contributed by atoms with Crippen molar-refractivity contribution in [3.8, 4) is 0 Å². The van der Waals surface area contributed by atoms with Crippen LogP contribution in [-0.4, -0.2) is 108 Å². The van der Waals surface area contributed by atoms with Gasteiger partial charge in [0.05, 0.1) is 49.2 Å². The molecular weight excluding hydrogens is 532 g/mol. The number of carbonyl (C=O) groups is 3. The van der Waals surface area contributed by atoms with E-state index in [0.717, 1.165) is 0 Å². The summed E-state index contributed by atoms with van der Waals surface area (Å²) in [6, 6.07) is 0. The van der Waals surface area contributed by atoms with E-state index >= 15 is 0 Å². The van der Waals surface area contributed by atoms with E-state index in [0.29, 0.717) is 24.0 Å². The number of carbonyl (C=O) groups excluding carboxylic acids is 3. The van der Waals surface area contributed by atoms with Crippen LogP contribution < -0.4 is 5.73 Å². The highest BCUT2D eigenvalue weighted by molar-refractivity contribution is 7.85. The third-order valence-corrected chi connectivity index (χ3v) is 7.70. The van der Waals surface area contributed by atoms with Crippen LogP contribution in [0.1, 0.15) is 60.3 Å². The summed E-state index contributed by atoms with van der Waals surface area (Å²) in [5.41, 5.74) is 2.17. The van der Waals surface area contributed by atoms with E-state index in [4.69, 9.17) is 29.2 Å². The molecule has 0 rings (SSSR count). The van der Waals surface area contributed by atoms with Crippen LogP contribution in [0.25, 0.3) is 0 Å². The smallest absolute Gasteiger partial charge is 0.312 e. The molecule has 12 nitrogen and oxygen atoms in total. The number of likely N-dealkylation sites (N-methyl/N-ethyl adjacent to an activating group) is 1. The maximum atomic E-state index is 13.3. The predicted octanol–water partition coefficient (Wildman–Crippen LogP) is 1.80. The highest BCUT2D eigenvalue weighted by Gasteiger charge is 2.50. The standard InChI is InChI=1S/C26H50N2O10S/c1-9-25(4,22(30)37-15-13-28(6,7)12-10-18-39(32,33)34)20-26(5,23(31)36-14-11-27)19-24(2,3)21(29)38-17-16-35-8/h9-20,27H2,1-8H3/p+1. The fraction of sp³-hybridized carbons (Fsp3) is 0.885. The summed E-state index contributed by atoms with van der Waals surface area (Å²) in [7, 11) is 1.21. The summed E-state index contributed by atoms with van der Waals surface area (Å²) in [4.78, 5) is 39.3. The Kier molecular flexibility index (Phi) is 15.1. The lowest BCUT2D eigenvalue weighted by Crippen LogP contribution is -2.46. The van der Waals surface area contributed by atoms with Crippen molar-refractivity contribution in [1.29, 1.82) is 0 Å². The molecular formula is C26H51N2O10S+. The van der Waals surface area contributed by atoms with Crippen LogP contribution in [0.3, 0.4) is 0 Å². The van der Waals surface area contributed by atoms with Gasteiger partial charge in [0.15, 0.2) is 0 Å². The van der Waals surface area contributed by atoms with Crippen molar-refractivity contribution in [2.75, 3.05) is 73.0 Å². The molecule has 0 aliphatic heterocycles. The van der Waals surface area contributed by atoms with Crippen molar-refractivity contribution >= 4 is 28.0 Å². The van der Waals surface area contributed by atoms with E-state index in [2.05, 4.69) is 0 Å². The second-order valence-corrected chi connectivity index (χ2v) is 13.5. The quantitative estimate of drug-likeness (QED) is 0.0705. The summed E-state index contributed by atoms with van der Waals surface area (Å²) < 4.78 is 52.5. The lowest BCUT2D eigenvalue weighted by molar-refractivity contribution is -0.890. The van der Waals surface area contributed by atoms with E-state index in [1.165, 1.54) is 7.11 Å². The first-order valence-electron chi connectivity index (χ1n) is 13.3. The average Bonchev–Trinajstić information content (AvgIpc) is 2.80. The van der Waals surface area contributed by atoms with Crippen molar-refractivity contribution in [1.82, 2.24) is 0 Å². The zero-order valence-electron chi connectivity index (χ0n) is 25.0. The van der Waals surface area contributed by atoms with Crippen LogP contribution in [-0.2, 0) is 43.4 Å². The molecule has 0 bridgehead atoms. The van der Waals surface area contributed by atoms with E-state index < -0.39 is 44.3 Å². The normalized spacial score (nSPS) is 15.6. The summed E-state index contributed by atoms with van der Waals surface area (Å²) >= 11 is 0. The fourth-order valence-corrected chi connectivity index (χ4v) is 5.04. The Balaban J connectivity index is 5.60. The summed E-state index contributed by atoms with van der Waals surface area (Å²) in [6.07, 6.45) is 0.770. The van der Waals surface area contributed by atoms with E-state index in [-0.39, 0.29) is 58.0 Å². The minimum atomic E-state index is -4.03. The fourth-order valence-electron chi connectivity index (χ4n) is 4.54. The molecule has 0 saturated carbocycles. The van der Waals surface area contributed by atoms with E-state index in [1.807, 2.05) is 21.0 Å². The van der Waals surface area contributed by atoms with Crippen molar-refractivity contribution in [3.05, 3.63) is 0 Å².